The van der Waals surface area contributed by atoms with Crippen molar-refractivity contribution in [2.45, 2.75) is 20.4 Å². The summed E-state index contributed by atoms with van der Waals surface area (Å²) in [4.78, 5) is 22.4. The molecule has 0 amide bonds. The van der Waals surface area contributed by atoms with Gasteiger partial charge >= 0.3 is 0 Å². The number of nitrogens with one attached hydrogen (secondary N) is 1. The first-order valence-electron chi connectivity index (χ1n) is 9.59. The van der Waals surface area contributed by atoms with E-state index in [0.29, 0.717) is 0 Å². The fourth-order valence-electron chi connectivity index (χ4n) is 3.29. The van der Waals surface area contributed by atoms with E-state index in [1.807, 2.05) is 19.1 Å². The maximum Gasteiger partial charge on any atom is 0.225 e. The van der Waals surface area contributed by atoms with Crippen molar-refractivity contribution < 1.29 is 0 Å². The van der Waals surface area contributed by atoms with E-state index in [0.717, 1.165) is 56.1 Å². The Morgan fingerprint density at radius 1 is 0.893 bits per heavy atom. The zero-order valence-electron chi connectivity index (χ0n) is 16.3. The van der Waals surface area contributed by atoms with Crippen LogP contribution in [0.25, 0.3) is 0 Å². The summed E-state index contributed by atoms with van der Waals surface area (Å²) in [5, 5.41) is 3.43. The topological polar surface area (TPSA) is 70.1 Å². The van der Waals surface area contributed by atoms with Crippen molar-refractivity contribution in [1.29, 1.82) is 0 Å². The van der Waals surface area contributed by atoms with Crippen LogP contribution in [0, 0.1) is 13.8 Å². The SMILES string of the molecule is Cc1ccc(CNc2cc(N3CCN(c4ncccn4)CC3)nc(C)n2)cc1. The molecule has 1 aromatic carbocycles. The van der Waals surface area contributed by atoms with Crippen molar-refractivity contribution in [3.05, 3.63) is 65.7 Å². The van der Waals surface area contributed by atoms with Crippen molar-refractivity contribution in [2.24, 2.45) is 0 Å². The number of anilines is 3. The maximum absolute atomic E-state index is 4.65. The van der Waals surface area contributed by atoms with Gasteiger partial charge in [-0.15, -0.1) is 0 Å². The molecule has 0 atom stereocenters. The lowest BCUT2D eigenvalue weighted by atomic mass is 10.1. The molecule has 28 heavy (non-hydrogen) atoms. The highest BCUT2D eigenvalue weighted by molar-refractivity contribution is 5.51. The van der Waals surface area contributed by atoms with Crippen LogP contribution in [-0.2, 0) is 6.54 Å². The van der Waals surface area contributed by atoms with Gasteiger partial charge in [-0.05, 0) is 25.5 Å². The van der Waals surface area contributed by atoms with Crippen molar-refractivity contribution in [1.82, 2.24) is 19.9 Å². The Kier molecular flexibility index (Phi) is 5.32. The van der Waals surface area contributed by atoms with Gasteiger partial charge in [0, 0.05) is 51.2 Å². The van der Waals surface area contributed by atoms with E-state index in [2.05, 4.69) is 66.2 Å². The van der Waals surface area contributed by atoms with E-state index < -0.39 is 0 Å². The summed E-state index contributed by atoms with van der Waals surface area (Å²) in [5.74, 6) is 3.39. The highest BCUT2D eigenvalue weighted by Crippen LogP contribution is 2.19. The molecule has 0 radical (unpaired) electrons. The summed E-state index contributed by atoms with van der Waals surface area (Å²) >= 11 is 0. The Bertz CT molecular complexity index is 904. The molecule has 7 nitrogen and oxygen atoms in total. The van der Waals surface area contributed by atoms with Crippen LogP contribution in [-0.4, -0.2) is 46.1 Å². The largest absolute Gasteiger partial charge is 0.366 e. The Balaban J connectivity index is 1.40. The van der Waals surface area contributed by atoms with Gasteiger partial charge < -0.3 is 15.1 Å². The molecule has 1 fully saturated rings. The maximum atomic E-state index is 4.65. The Morgan fingerprint density at radius 3 is 2.29 bits per heavy atom. The highest BCUT2D eigenvalue weighted by atomic mass is 15.3. The molecule has 0 bridgehead atoms. The van der Waals surface area contributed by atoms with E-state index in [1.165, 1.54) is 11.1 Å². The first kappa shape index (κ1) is 18.2. The fourth-order valence-corrected chi connectivity index (χ4v) is 3.29. The molecule has 0 spiro atoms. The molecule has 0 aliphatic carbocycles. The minimum absolute atomic E-state index is 0.745. The number of aryl methyl sites for hydroxylation is 2. The van der Waals surface area contributed by atoms with Gasteiger partial charge in [-0.2, -0.15) is 0 Å². The zero-order valence-corrected chi connectivity index (χ0v) is 16.3. The number of piperazine rings is 1. The van der Waals surface area contributed by atoms with Gasteiger partial charge in [0.25, 0.3) is 0 Å². The van der Waals surface area contributed by atoms with E-state index in [-0.39, 0.29) is 0 Å². The average Bonchev–Trinajstić information content (AvgIpc) is 2.74. The van der Waals surface area contributed by atoms with Crippen LogP contribution in [0.4, 0.5) is 17.6 Å². The molecule has 3 heterocycles. The van der Waals surface area contributed by atoms with Crippen molar-refractivity contribution in [2.75, 3.05) is 41.3 Å². The first-order chi connectivity index (χ1) is 13.7. The van der Waals surface area contributed by atoms with Crippen LogP contribution in [0.15, 0.2) is 48.8 Å². The predicted molar refractivity (Wildman–Crippen MR) is 112 cm³/mol. The standard InChI is InChI=1S/C21H25N7/c1-16-4-6-18(7-5-16)15-24-19-14-20(26-17(2)25-19)27-10-12-28(13-11-27)21-22-8-3-9-23-21/h3-9,14H,10-13,15H2,1-2H3,(H,24,25,26). The second kappa shape index (κ2) is 8.21. The van der Waals surface area contributed by atoms with Crippen molar-refractivity contribution in [3.63, 3.8) is 0 Å². The van der Waals surface area contributed by atoms with Crippen LogP contribution in [0.5, 0.6) is 0 Å². The zero-order chi connectivity index (χ0) is 19.3. The fraction of sp³-hybridized carbons (Fsp3) is 0.333. The molecule has 3 aromatic rings. The number of hydrogen-bond donors (Lipinski definition) is 1. The molecule has 1 aliphatic heterocycles. The molecule has 144 valence electrons. The number of nitrogens with zero attached hydrogens (tertiary/aromatic N) is 6. The number of hydrogen-bond acceptors (Lipinski definition) is 7. The molecule has 1 saturated heterocycles. The summed E-state index contributed by atoms with van der Waals surface area (Å²) in [6, 6.07) is 12.4. The molecule has 1 aliphatic rings. The summed E-state index contributed by atoms with van der Waals surface area (Å²) in [6.45, 7) is 8.29. The summed E-state index contributed by atoms with van der Waals surface area (Å²) in [6.07, 6.45) is 3.57. The predicted octanol–water partition coefficient (Wildman–Crippen LogP) is 2.82. The van der Waals surface area contributed by atoms with Gasteiger partial charge in [-0.25, -0.2) is 19.9 Å². The molecular weight excluding hydrogens is 350 g/mol. The van der Waals surface area contributed by atoms with Crippen molar-refractivity contribution in [3.8, 4) is 0 Å². The van der Waals surface area contributed by atoms with Gasteiger partial charge in [0.1, 0.15) is 17.5 Å². The Morgan fingerprint density at radius 2 is 1.57 bits per heavy atom. The van der Waals surface area contributed by atoms with Gasteiger partial charge in [-0.3, -0.25) is 0 Å². The first-order valence-corrected chi connectivity index (χ1v) is 9.59. The Hall–Kier alpha value is -3.22. The Labute approximate surface area is 165 Å². The van der Waals surface area contributed by atoms with Gasteiger partial charge in [0.15, 0.2) is 0 Å². The number of aromatic nitrogens is 4. The van der Waals surface area contributed by atoms with Crippen LogP contribution in [0.2, 0.25) is 0 Å². The summed E-state index contributed by atoms with van der Waals surface area (Å²) < 4.78 is 0. The van der Waals surface area contributed by atoms with Crippen molar-refractivity contribution >= 4 is 17.6 Å². The molecule has 1 N–H and O–H groups in total. The molecule has 0 saturated carbocycles. The molecule has 2 aromatic heterocycles. The third kappa shape index (κ3) is 4.36. The summed E-state index contributed by atoms with van der Waals surface area (Å²) in [7, 11) is 0. The number of benzene rings is 1. The van der Waals surface area contributed by atoms with Gasteiger partial charge in [-0.1, -0.05) is 29.8 Å². The third-order valence-corrected chi connectivity index (χ3v) is 4.86. The molecule has 0 unspecified atom stereocenters. The summed E-state index contributed by atoms with van der Waals surface area (Å²) in [5.41, 5.74) is 2.50. The quantitative estimate of drug-likeness (QED) is 0.735. The molecular formula is C21H25N7. The highest BCUT2D eigenvalue weighted by Gasteiger charge is 2.20. The normalized spacial score (nSPS) is 14.2. The van der Waals surface area contributed by atoms with Crippen LogP contribution in [0.1, 0.15) is 17.0 Å². The smallest absolute Gasteiger partial charge is 0.225 e. The minimum Gasteiger partial charge on any atom is -0.366 e. The van der Waals surface area contributed by atoms with Crippen LogP contribution < -0.4 is 15.1 Å². The second-order valence-electron chi connectivity index (χ2n) is 7.02. The van der Waals surface area contributed by atoms with E-state index in [1.54, 1.807) is 12.4 Å². The van der Waals surface area contributed by atoms with Gasteiger partial charge in [0.05, 0.1) is 0 Å². The second-order valence-corrected chi connectivity index (χ2v) is 7.02. The monoisotopic (exact) mass is 375 g/mol. The lowest BCUT2D eigenvalue weighted by Gasteiger charge is -2.35. The van der Waals surface area contributed by atoms with E-state index in [4.69, 9.17) is 0 Å². The number of rotatable bonds is 5. The lowest BCUT2D eigenvalue weighted by molar-refractivity contribution is 0.633. The third-order valence-electron chi connectivity index (χ3n) is 4.86. The lowest BCUT2D eigenvalue weighted by Crippen LogP contribution is -2.47. The van der Waals surface area contributed by atoms with Gasteiger partial charge in [0.2, 0.25) is 5.95 Å². The van der Waals surface area contributed by atoms with Crippen LogP contribution in [0.3, 0.4) is 0 Å². The minimum atomic E-state index is 0.745. The van der Waals surface area contributed by atoms with Crippen LogP contribution >= 0.6 is 0 Å². The average molecular weight is 375 g/mol. The van der Waals surface area contributed by atoms with E-state index >= 15 is 0 Å². The molecule has 4 rings (SSSR count). The van der Waals surface area contributed by atoms with E-state index in [9.17, 15) is 0 Å². The molecule has 7 heteroatoms.